The molecule has 2 aliphatic carbocycles. The van der Waals surface area contributed by atoms with E-state index in [9.17, 15) is 9.59 Å². The number of esters is 1. The van der Waals surface area contributed by atoms with Gasteiger partial charge in [0.1, 0.15) is 17.5 Å². The molecular formula is C23H31FN4O3. The maximum absolute atomic E-state index is 15.0. The molecule has 1 aromatic rings. The van der Waals surface area contributed by atoms with Crippen molar-refractivity contribution in [3.05, 3.63) is 29.6 Å². The number of amides is 1. The van der Waals surface area contributed by atoms with Gasteiger partial charge in [-0.2, -0.15) is 0 Å². The van der Waals surface area contributed by atoms with Crippen LogP contribution < -0.4 is 11.1 Å². The van der Waals surface area contributed by atoms with Crippen LogP contribution in [-0.4, -0.2) is 41.9 Å². The summed E-state index contributed by atoms with van der Waals surface area (Å²) in [6, 6.07) is 5.13. The largest absolute Gasteiger partial charge is 0.462 e. The molecule has 2 fully saturated rings. The number of aliphatic imine (C=N–C) groups is 1. The van der Waals surface area contributed by atoms with Gasteiger partial charge in [0.05, 0.1) is 5.41 Å². The zero-order valence-electron chi connectivity index (χ0n) is 18.7. The Labute approximate surface area is 182 Å². The van der Waals surface area contributed by atoms with E-state index in [0.29, 0.717) is 17.4 Å². The third kappa shape index (κ3) is 3.36. The summed E-state index contributed by atoms with van der Waals surface area (Å²) in [6.07, 6.45) is 2.79. The van der Waals surface area contributed by atoms with Crippen LogP contribution in [0.5, 0.6) is 0 Å². The van der Waals surface area contributed by atoms with Crippen molar-refractivity contribution in [2.45, 2.75) is 64.6 Å². The highest BCUT2D eigenvalue weighted by molar-refractivity contribution is 6.01. The summed E-state index contributed by atoms with van der Waals surface area (Å²) in [7, 11) is 1.58. The van der Waals surface area contributed by atoms with Crippen molar-refractivity contribution in [2.24, 2.45) is 28.0 Å². The maximum atomic E-state index is 15.0. The summed E-state index contributed by atoms with van der Waals surface area (Å²) in [6.45, 7) is 6.75. The molecule has 31 heavy (non-hydrogen) atoms. The van der Waals surface area contributed by atoms with Gasteiger partial charge < -0.3 is 15.8 Å². The lowest BCUT2D eigenvalue weighted by molar-refractivity contribution is -0.148. The molecular weight excluding hydrogens is 399 g/mol. The van der Waals surface area contributed by atoms with Crippen LogP contribution in [0.3, 0.4) is 0 Å². The third-order valence-electron chi connectivity index (χ3n) is 7.69. The van der Waals surface area contributed by atoms with Crippen LogP contribution in [0.2, 0.25) is 0 Å². The van der Waals surface area contributed by atoms with E-state index in [2.05, 4.69) is 10.3 Å². The molecule has 2 bridgehead atoms. The number of fused-ring (bicyclic) bond motifs is 2. The second kappa shape index (κ2) is 7.21. The van der Waals surface area contributed by atoms with Crippen molar-refractivity contribution in [3.8, 4) is 0 Å². The number of carbonyl (C=O) groups is 2. The Morgan fingerprint density at radius 3 is 2.58 bits per heavy atom. The number of hydrogen-bond donors (Lipinski definition) is 2. The number of halogens is 1. The minimum atomic E-state index is -1.14. The molecule has 3 aliphatic rings. The van der Waals surface area contributed by atoms with Gasteiger partial charge in [0.2, 0.25) is 5.91 Å². The Bertz CT molecular complexity index is 962. The highest BCUT2D eigenvalue weighted by Crippen LogP contribution is 2.49. The first-order valence-corrected chi connectivity index (χ1v) is 10.8. The number of guanidine groups is 1. The fraction of sp³-hybridized carbons (Fsp3) is 0.609. The number of nitrogens with zero attached hydrogens (tertiary/aromatic N) is 2. The fourth-order valence-electron chi connectivity index (χ4n) is 5.53. The molecule has 1 heterocycles. The molecule has 0 spiro atoms. The molecule has 7 nitrogen and oxygen atoms in total. The summed E-state index contributed by atoms with van der Waals surface area (Å²) < 4.78 is 20.5. The van der Waals surface area contributed by atoms with Gasteiger partial charge in [-0.3, -0.25) is 14.5 Å². The number of rotatable bonds is 4. The SMILES string of the molecule is CC(=O)OC1CC2CC1CC2Nc1ccc(F)c(C2(C)N=C(N)N(C)C(=O)C2(C)C)c1. The predicted molar refractivity (Wildman–Crippen MR) is 116 cm³/mol. The number of ether oxygens (including phenoxy) is 1. The average molecular weight is 431 g/mol. The maximum Gasteiger partial charge on any atom is 0.302 e. The highest BCUT2D eigenvalue weighted by Gasteiger charge is 2.54. The number of hydrogen-bond acceptors (Lipinski definition) is 6. The predicted octanol–water partition coefficient (Wildman–Crippen LogP) is 3.00. The van der Waals surface area contributed by atoms with Crippen LogP contribution in [0.1, 0.15) is 52.5 Å². The molecule has 5 atom stereocenters. The van der Waals surface area contributed by atoms with Gasteiger partial charge in [-0.1, -0.05) is 0 Å². The summed E-state index contributed by atoms with van der Waals surface area (Å²) in [5.74, 6) is -0.00213. The van der Waals surface area contributed by atoms with Crippen molar-refractivity contribution in [1.29, 1.82) is 0 Å². The van der Waals surface area contributed by atoms with E-state index >= 15 is 4.39 Å². The Balaban J connectivity index is 1.59. The van der Waals surface area contributed by atoms with E-state index in [0.717, 1.165) is 24.9 Å². The van der Waals surface area contributed by atoms with Crippen molar-refractivity contribution in [1.82, 2.24) is 4.90 Å². The lowest BCUT2D eigenvalue weighted by atomic mass is 9.67. The zero-order valence-corrected chi connectivity index (χ0v) is 18.7. The Hall–Kier alpha value is -2.64. The van der Waals surface area contributed by atoms with Crippen LogP contribution in [0.25, 0.3) is 0 Å². The first-order valence-electron chi connectivity index (χ1n) is 10.8. The molecule has 0 radical (unpaired) electrons. The second-order valence-corrected chi connectivity index (χ2v) is 9.85. The molecule has 1 aromatic carbocycles. The number of anilines is 1. The van der Waals surface area contributed by atoms with Gasteiger partial charge in [0.15, 0.2) is 5.96 Å². The Morgan fingerprint density at radius 1 is 1.26 bits per heavy atom. The summed E-state index contributed by atoms with van der Waals surface area (Å²) in [5.41, 5.74) is 5.00. The standard InChI is InChI=1S/C23H31FN4O3/c1-12(29)31-19-10-13-8-14(19)9-18(13)26-15-6-7-17(24)16(11-15)23(4)22(2,3)20(30)28(5)21(25)27-23/h6-7,11,13-14,18-19,26H,8-10H2,1-5H3,(H2,25,27). The lowest BCUT2D eigenvalue weighted by Gasteiger charge is -2.46. The molecule has 168 valence electrons. The van der Waals surface area contributed by atoms with E-state index < -0.39 is 16.8 Å². The average Bonchev–Trinajstić information content (AvgIpc) is 3.26. The molecule has 1 amide bonds. The first kappa shape index (κ1) is 21.6. The van der Waals surface area contributed by atoms with E-state index in [1.807, 2.05) is 0 Å². The normalized spacial score (nSPS) is 33.9. The third-order valence-corrected chi connectivity index (χ3v) is 7.69. The quantitative estimate of drug-likeness (QED) is 0.716. The van der Waals surface area contributed by atoms with Gasteiger partial charge in [-0.15, -0.1) is 0 Å². The van der Waals surface area contributed by atoms with Gasteiger partial charge >= 0.3 is 5.97 Å². The molecule has 5 unspecified atom stereocenters. The number of nitrogens with one attached hydrogen (secondary N) is 1. The summed E-state index contributed by atoms with van der Waals surface area (Å²) in [5, 5.41) is 3.55. The van der Waals surface area contributed by atoms with Crippen LogP contribution in [0, 0.1) is 23.1 Å². The van der Waals surface area contributed by atoms with Gasteiger partial charge in [-0.05, 0) is 70.1 Å². The highest BCUT2D eigenvalue weighted by atomic mass is 19.1. The molecule has 2 saturated carbocycles. The smallest absolute Gasteiger partial charge is 0.302 e. The van der Waals surface area contributed by atoms with E-state index in [-0.39, 0.29) is 30.0 Å². The summed E-state index contributed by atoms with van der Waals surface area (Å²) >= 11 is 0. The topological polar surface area (TPSA) is 97.0 Å². The monoisotopic (exact) mass is 430 g/mol. The van der Waals surface area contributed by atoms with Crippen LogP contribution in [0.15, 0.2) is 23.2 Å². The minimum absolute atomic E-state index is 0.00610. The molecule has 0 saturated heterocycles. The molecule has 8 heteroatoms. The van der Waals surface area contributed by atoms with Crippen LogP contribution in [-0.2, 0) is 19.9 Å². The number of nitrogens with two attached hydrogens (primary N) is 1. The summed E-state index contributed by atoms with van der Waals surface area (Å²) in [4.78, 5) is 30.1. The minimum Gasteiger partial charge on any atom is -0.462 e. The van der Waals surface area contributed by atoms with Gasteiger partial charge in [-0.25, -0.2) is 9.38 Å². The molecule has 1 aliphatic heterocycles. The van der Waals surface area contributed by atoms with E-state index in [1.54, 1.807) is 40.0 Å². The van der Waals surface area contributed by atoms with Crippen LogP contribution >= 0.6 is 0 Å². The number of carbonyl (C=O) groups excluding carboxylic acids is 2. The molecule has 3 N–H and O–H groups in total. The first-order chi connectivity index (χ1) is 14.4. The Morgan fingerprint density at radius 2 is 1.97 bits per heavy atom. The number of benzene rings is 1. The zero-order chi connectivity index (χ0) is 22.7. The van der Waals surface area contributed by atoms with Crippen molar-refractivity contribution in [2.75, 3.05) is 12.4 Å². The molecule has 0 aromatic heterocycles. The van der Waals surface area contributed by atoms with Crippen molar-refractivity contribution < 1.29 is 18.7 Å². The van der Waals surface area contributed by atoms with Crippen molar-refractivity contribution in [3.63, 3.8) is 0 Å². The van der Waals surface area contributed by atoms with E-state index in [1.165, 1.54) is 17.9 Å². The van der Waals surface area contributed by atoms with Gasteiger partial charge in [0, 0.05) is 31.3 Å². The van der Waals surface area contributed by atoms with Crippen LogP contribution in [0.4, 0.5) is 10.1 Å². The Kier molecular flexibility index (Phi) is 5.02. The lowest BCUT2D eigenvalue weighted by Crippen LogP contribution is -2.58. The second-order valence-electron chi connectivity index (χ2n) is 9.85. The van der Waals surface area contributed by atoms with E-state index in [4.69, 9.17) is 10.5 Å². The van der Waals surface area contributed by atoms with Gasteiger partial charge in [0.25, 0.3) is 0 Å². The van der Waals surface area contributed by atoms with Crippen molar-refractivity contribution >= 4 is 23.5 Å². The molecule has 4 rings (SSSR count). The fourth-order valence-corrected chi connectivity index (χ4v) is 5.53.